The molecule has 0 radical (unpaired) electrons. The molecule has 0 aliphatic heterocycles. The highest BCUT2D eigenvalue weighted by Gasteiger charge is 2.46. The molecule has 0 aromatic carbocycles. The summed E-state index contributed by atoms with van der Waals surface area (Å²) in [6.45, 7) is 16.8. The Morgan fingerprint density at radius 2 is 1.35 bits per heavy atom. The first-order valence-corrected chi connectivity index (χ1v) is 19.9. The fourth-order valence-electron chi connectivity index (χ4n) is 4.78. The van der Waals surface area contributed by atoms with Crippen molar-refractivity contribution in [1.82, 2.24) is 10.2 Å². The quantitative estimate of drug-likeness (QED) is 0.139. The summed E-state index contributed by atoms with van der Waals surface area (Å²) < 4.78 is 29.6. The number of hydrogen-bond donors (Lipinski definition) is 1. The second kappa shape index (κ2) is 21.5. The number of nitrogens with zero attached hydrogens (tertiary/aromatic N) is 1. The Labute approximate surface area is 216 Å². The molecule has 1 unspecified atom stereocenters. The summed E-state index contributed by atoms with van der Waals surface area (Å²) in [5.41, 5.74) is 0. The molecular weight excluding hydrogens is 481 g/mol. The van der Waals surface area contributed by atoms with Crippen LogP contribution in [0.4, 0.5) is 0 Å². The lowest BCUT2D eigenvalue weighted by Gasteiger charge is -2.32. The molecule has 10 heteroatoms. The van der Waals surface area contributed by atoms with E-state index in [0.29, 0.717) is 5.16 Å². The number of hydrogen-bond acceptors (Lipinski definition) is 7. The molecule has 1 atom stereocenters. The van der Waals surface area contributed by atoms with E-state index in [1.165, 1.54) is 38.6 Å². The summed E-state index contributed by atoms with van der Waals surface area (Å²) in [6, 6.07) is 1.04. The van der Waals surface area contributed by atoms with Crippen molar-refractivity contribution in [3.05, 3.63) is 0 Å². The normalized spacial score (nSPS) is 14.0. The third kappa shape index (κ3) is 14.2. The number of rotatable bonds is 25. The van der Waals surface area contributed by atoms with Crippen LogP contribution >= 0.6 is 0 Å². The van der Waals surface area contributed by atoms with Crippen LogP contribution in [0.5, 0.6) is 0 Å². The number of nitrogens with one attached hydrogen (secondary N) is 1. The summed E-state index contributed by atoms with van der Waals surface area (Å²) in [7, 11) is 0.247. The van der Waals surface area contributed by atoms with Gasteiger partial charge in [0.2, 0.25) is 0 Å². The Hall–Kier alpha value is 0.371. The van der Waals surface area contributed by atoms with Crippen molar-refractivity contribution < 1.29 is 22.1 Å². The van der Waals surface area contributed by atoms with Crippen LogP contribution in [0, 0.1) is 0 Å². The van der Waals surface area contributed by atoms with E-state index in [4.69, 9.17) is 22.1 Å². The third-order valence-electron chi connectivity index (χ3n) is 6.83. The van der Waals surface area contributed by atoms with Crippen LogP contribution in [0.2, 0.25) is 17.8 Å². The van der Waals surface area contributed by atoms with Crippen LogP contribution < -0.4 is 5.32 Å². The summed E-state index contributed by atoms with van der Waals surface area (Å²) in [5, 5.41) is 4.14. The smallest absolute Gasteiger partial charge is 0.395 e. The van der Waals surface area contributed by atoms with Gasteiger partial charge >= 0.3 is 17.4 Å². The second-order valence-corrected chi connectivity index (χ2v) is 18.6. The fraction of sp³-hybridized carbons (Fsp3) is 1.00. The van der Waals surface area contributed by atoms with Crippen LogP contribution in [0.1, 0.15) is 72.6 Å². The topological polar surface area (TPSA) is 61.4 Å². The van der Waals surface area contributed by atoms with Crippen molar-refractivity contribution >= 4 is 26.9 Å². The minimum absolute atomic E-state index is 0.436. The van der Waals surface area contributed by atoms with E-state index >= 15 is 0 Å². The molecule has 0 amide bonds. The maximum absolute atomic E-state index is 5.96. The van der Waals surface area contributed by atoms with Crippen LogP contribution in [-0.2, 0) is 22.1 Å². The molecule has 0 aliphatic rings. The largest absolute Gasteiger partial charge is 0.500 e. The van der Waals surface area contributed by atoms with Crippen molar-refractivity contribution in [3.8, 4) is 0 Å². The van der Waals surface area contributed by atoms with E-state index in [1.807, 2.05) is 0 Å². The van der Waals surface area contributed by atoms with E-state index in [-0.39, 0.29) is 0 Å². The Morgan fingerprint density at radius 3 is 1.88 bits per heavy atom. The Bertz CT molecular complexity index is 444. The van der Waals surface area contributed by atoms with E-state index in [1.54, 1.807) is 21.3 Å². The molecule has 0 heterocycles. The van der Waals surface area contributed by atoms with E-state index in [9.17, 15) is 0 Å². The summed E-state index contributed by atoms with van der Waals surface area (Å²) >= 11 is 0. The zero-order valence-corrected chi connectivity index (χ0v) is 27.3. The average molecular weight is 539 g/mol. The molecule has 0 bridgehead atoms. The first-order valence-electron chi connectivity index (χ1n) is 13.8. The van der Waals surface area contributed by atoms with Crippen molar-refractivity contribution in [3.63, 3.8) is 0 Å². The second-order valence-electron chi connectivity index (χ2n) is 9.14. The summed E-state index contributed by atoms with van der Waals surface area (Å²) in [4.78, 5) is 2.51. The molecule has 0 spiro atoms. The molecule has 0 aromatic rings. The van der Waals surface area contributed by atoms with Crippen molar-refractivity contribution in [1.29, 1.82) is 0 Å². The van der Waals surface area contributed by atoms with Crippen LogP contribution in [-0.4, -0.2) is 98.7 Å². The molecule has 0 fully saturated rings. The highest BCUT2D eigenvalue weighted by atomic mass is 28.4. The van der Waals surface area contributed by atoms with E-state index in [0.717, 1.165) is 57.9 Å². The monoisotopic (exact) mass is 538 g/mol. The van der Waals surface area contributed by atoms with E-state index < -0.39 is 26.9 Å². The van der Waals surface area contributed by atoms with Crippen molar-refractivity contribution in [2.75, 3.05) is 66.9 Å². The van der Waals surface area contributed by atoms with Crippen molar-refractivity contribution in [2.45, 2.75) is 90.4 Å². The van der Waals surface area contributed by atoms with Gasteiger partial charge in [-0.3, -0.25) is 0 Å². The Balaban J connectivity index is 4.42. The average Bonchev–Trinajstić information content (AvgIpc) is 2.84. The van der Waals surface area contributed by atoms with Gasteiger partial charge in [-0.1, -0.05) is 39.5 Å². The lowest BCUT2D eigenvalue weighted by atomic mass is 10.1. The minimum atomic E-state index is -2.58. The molecule has 1 N–H and O–H groups in total. The molecule has 0 saturated heterocycles. The van der Waals surface area contributed by atoms with Gasteiger partial charge < -0.3 is 32.3 Å². The van der Waals surface area contributed by atoms with Crippen LogP contribution in [0.3, 0.4) is 0 Å². The highest BCUT2D eigenvalue weighted by molar-refractivity contribution is 6.73. The van der Waals surface area contributed by atoms with Gasteiger partial charge in [0.05, 0.1) is 0 Å². The molecule has 34 heavy (non-hydrogen) atoms. The van der Waals surface area contributed by atoms with Gasteiger partial charge in [-0.25, -0.2) is 0 Å². The van der Waals surface area contributed by atoms with E-state index in [2.05, 4.69) is 44.5 Å². The number of unbranched alkanes of at least 4 members (excludes halogenated alkanes) is 4. The van der Waals surface area contributed by atoms with Gasteiger partial charge in [0.1, 0.15) is 0 Å². The van der Waals surface area contributed by atoms with Gasteiger partial charge in [0.25, 0.3) is 0 Å². The molecule has 7 nitrogen and oxygen atoms in total. The van der Waals surface area contributed by atoms with Gasteiger partial charge in [-0.15, -0.1) is 0 Å². The molecule has 0 aliphatic carbocycles. The predicted octanol–water partition coefficient (Wildman–Crippen LogP) is 4.13. The highest BCUT2D eigenvalue weighted by Crippen LogP contribution is 2.29. The summed E-state index contributed by atoms with van der Waals surface area (Å²) in [6.07, 6.45) is 9.82. The maximum Gasteiger partial charge on any atom is 0.500 e. The first kappa shape index (κ1) is 34.4. The zero-order chi connectivity index (χ0) is 25.7. The fourth-order valence-corrected chi connectivity index (χ4v) is 14.0. The SMILES string of the molecule is CCO[Si](C)(CCCNC[SiH2]C(CCCCCCCN(CC)CC)[Si](OC)(OC)OC)OCC. The first-order chi connectivity index (χ1) is 16.4. The van der Waals surface area contributed by atoms with Gasteiger partial charge in [0, 0.05) is 49.2 Å². The predicted molar refractivity (Wildman–Crippen MR) is 152 cm³/mol. The molecule has 0 saturated carbocycles. The Kier molecular flexibility index (Phi) is 21.7. The summed E-state index contributed by atoms with van der Waals surface area (Å²) in [5.74, 6) is 0. The lowest BCUT2D eigenvalue weighted by molar-refractivity contribution is 0.118. The molecular formula is C24H58N2O5Si3. The maximum atomic E-state index is 5.96. The van der Waals surface area contributed by atoms with Crippen molar-refractivity contribution in [2.24, 2.45) is 0 Å². The van der Waals surface area contributed by atoms with Crippen LogP contribution in [0.25, 0.3) is 0 Å². The molecule has 0 rings (SSSR count). The van der Waals surface area contributed by atoms with Crippen LogP contribution in [0.15, 0.2) is 0 Å². The van der Waals surface area contributed by atoms with Gasteiger partial charge in [0.15, 0.2) is 0 Å². The standard InChI is InChI=1S/C24H58N2O5Si3/c1-9-26(10-2)21-17-15-13-14-16-19-24(34(27-5,28-6)29-7)32-23-25-20-18-22-33(8,30-11-3)31-12-4/h24-25H,9-23,32H2,1-8H3. The lowest BCUT2D eigenvalue weighted by Crippen LogP contribution is -2.51. The van der Waals surface area contributed by atoms with Gasteiger partial charge in [-0.05, 0) is 78.0 Å². The zero-order valence-electron chi connectivity index (χ0n) is 23.9. The minimum Gasteiger partial charge on any atom is -0.395 e. The Morgan fingerprint density at radius 1 is 0.794 bits per heavy atom. The van der Waals surface area contributed by atoms with Gasteiger partial charge in [-0.2, -0.15) is 0 Å². The molecule has 206 valence electrons. The molecule has 0 aromatic heterocycles. The third-order valence-corrected chi connectivity index (χ3v) is 17.0.